The summed E-state index contributed by atoms with van der Waals surface area (Å²) in [7, 11) is 6.22. The van der Waals surface area contributed by atoms with Crippen molar-refractivity contribution in [3.05, 3.63) is 68.0 Å². The molecule has 0 radical (unpaired) electrons. The van der Waals surface area contributed by atoms with Crippen LogP contribution in [0.1, 0.15) is 42.7 Å². The Morgan fingerprint density at radius 3 is 2.17 bits per heavy atom. The molecule has 0 fully saturated rings. The van der Waals surface area contributed by atoms with Crippen LogP contribution < -0.4 is 31.0 Å². The first-order valence-corrected chi connectivity index (χ1v) is 11.0. The molecular weight excluding hydrogens is 450 g/mol. The van der Waals surface area contributed by atoms with Crippen molar-refractivity contribution in [3.63, 3.8) is 0 Å². The van der Waals surface area contributed by atoms with Crippen LogP contribution in [0.5, 0.6) is 17.2 Å². The second-order valence-electron chi connectivity index (χ2n) is 9.46. The molecule has 0 aliphatic carbocycles. The monoisotopic (exact) mass is 481 g/mol. The first-order chi connectivity index (χ1) is 16.4. The standard InChI is InChI=1S/C26H31N3O6/c1-26(2,3)24(15-11-9-13-17(34-6)23(15)35-7)28-19-18(21(31)22(19)32)27-16-12-8-10-14(20(16)30)25(33)29(4)5/h8-13,24,27-28,30H,1-7H3. The van der Waals surface area contributed by atoms with Gasteiger partial charge in [-0.15, -0.1) is 0 Å². The number of carbonyl (C=O) groups excluding carboxylic acids is 1. The lowest BCUT2D eigenvalue weighted by molar-refractivity contribution is 0.0824. The van der Waals surface area contributed by atoms with Crippen LogP contribution in [0.25, 0.3) is 0 Å². The van der Waals surface area contributed by atoms with Gasteiger partial charge in [-0.1, -0.05) is 39.0 Å². The van der Waals surface area contributed by atoms with Crippen molar-refractivity contribution < 1.29 is 19.4 Å². The van der Waals surface area contributed by atoms with Gasteiger partial charge in [0.2, 0.25) is 0 Å². The molecule has 9 heteroatoms. The van der Waals surface area contributed by atoms with Gasteiger partial charge in [0.05, 0.1) is 31.5 Å². The summed E-state index contributed by atoms with van der Waals surface area (Å²) >= 11 is 0. The minimum absolute atomic E-state index is 0.0101. The van der Waals surface area contributed by atoms with Gasteiger partial charge in [-0.25, -0.2) is 0 Å². The third-order valence-electron chi connectivity index (χ3n) is 5.74. The van der Waals surface area contributed by atoms with Crippen molar-refractivity contribution in [1.29, 1.82) is 0 Å². The van der Waals surface area contributed by atoms with Crippen LogP contribution in [0.15, 0.2) is 46.0 Å². The molecule has 0 heterocycles. The van der Waals surface area contributed by atoms with E-state index in [1.54, 1.807) is 33.3 Å². The normalized spacial score (nSPS) is 12.2. The van der Waals surface area contributed by atoms with E-state index in [0.29, 0.717) is 11.5 Å². The van der Waals surface area contributed by atoms with Gasteiger partial charge in [0.1, 0.15) is 11.4 Å². The highest BCUT2D eigenvalue weighted by molar-refractivity contribution is 5.99. The molecule has 3 aromatic carbocycles. The molecule has 1 amide bonds. The topological polar surface area (TPSA) is 117 Å². The van der Waals surface area contributed by atoms with Gasteiger partial charge in [-0.3, -0.25) is 14.4 Å². The van der Waals surface area contributed by atoms with Crippen LogP contribution in [-0.2, 0) is 0 Å². The van der Waals surface area contributed by atoms with E-state index in [1.165, 1.54) is 24.1 Å². The largest absolute Gasteiger partial charge is 0.505 e. The fraction of sp³-hybridized carbons (Fsp3) is 0.346. The van der Waals surface area contributed by atoms with Crippen LogP contribution in [-0.4, -0.2) is 44.2 Å². The number of hydrogen-bond donors (Lipinski definition) is 3. The van der Waals surface area contributed by atoms with E-state index in [4.69, 9.17) is 9.47 Å². The highest BCUT2D eigenvalue weighted by atomic mass is 16.5. The zero-order chi connectivity index (χ0) is 26.1. The molecular formula is C26H31N3O6. The number of hydrogen-bond acceptors (Lipinski definition) is 8. The lowest BCUT2D eigenvalue weighted by Crippen LogP contribution is -2.39. The highest BCUT2D eigenvalue weighted by Gasteiger charge is 2.34. The van der Waals surface area contributed by atoms with Gasteiger partial charge in [-0.2, -0.15) is 0 Å². The third-order valence-corrected chi connectivity index (χ3v) is 5.74. The number of nitrogens with zero attached hydrogens (tertiary/aromatic N) is 1. The van der Waals surface area contributed by atoms with E-state index in [0.717, 1.165) is 5.56 Å². The molecule has 1 atom stereocenters. The summed E-state index contributed by atoms with van der Waals surface area (Å²) in [6.45, 7) is 5.97. The molecule has 0 saturated carbocycles. The fourth-order valence-corrected chi connectivity index (χ4v) is 3.89. The number of amides is 1. The van der Waals surface area contributed by atoms with Crippen molar-refractivity contribution in [1.82, 2.24) is 4.90 Å². The summed E-state index contributed by atoms with van der Waals surface area (Å²) in [5.41, 5.74) is -0.748. The predicted octanol–water partition coefficient (Wildman–Crippen LogP) is 3.65. The zero-order valence-electron chi connectivity index (χ0n) is 21.0. The lowest BCUT2D eigenvalue weighted by atomic mass is 9.81. The molecule has 0 aliphatic heterocycles. The number of phenolic OH excluding ortho intramolecular Hbond substituents is 1. The van der Waals surface area contributed by atoms with Crippen LogP contribution in [0, 0.1) is 5.41 Å². The number of ether oxygens (including phenoxy) is 2. The van der Waals surface area contributed by atoms with E-state index < -0.39 is 28.2 Å². The molecule has 9 nitrogen and oxygen atoms in total. The van der Waals surface area contributed by atoms with Crippen LogP contribution in [0.4, 0.5) is 17.1 Å². The number of benzene rings is 2. The number of phenols is 1. The summed E-state index contributed by atoms with van der Waals surface area (Å²) in [6, 6.07) is 9.61. The zero-order valence-corrected chi connectivity index (χ0v) is 21.0. The van der Waals surface area contributed by atoms with E-state index in [-0.39, 0.29) is 28.4 Å². The number of rotatable bonds is 8. The number of carbonyl (C=O) groups is 1. The van der Waals surface area contributed by atoms with Crippen molar-refractivity contribution in [2.24, 2.45) is 5.41 Å². The summed E-state index contributed by atoms with van der Waals surface area (Å²) in [5.74, 6) is 0.347. The van der Waals surface area contributed by atoms with Crippen LogP contribution in [0.2, 0.25) is 0 Å². The highest BCUT2D eigenvalue weighted by Crippen LogP contribution is 2.44. The fourth-order valence-electron chi connectivity index (χ4n) is 3.89. The molecule has 1 unspecified atom stereocenters. The minimum atomic E-state index is -0.721. The maximum Gasteiger partial charge on any atom is 0.257 e. The maximum absolute atomic E-state index is 12.6. The van der Waals surface area contributed by atoms with Gasteiger partial charge in [0, 0.05) is 19.7 Å². The number of anilines is 3. The number of nitrogens with one attached hydrogen (secondary N) is 2. The van der Waals surface area contributed by atoms with Crippen molar-refractivity contribution >= 4 is 23.0 Å². The Morgan fingerprint density at radius 1 is 0.971 bits per heavy atom. The van der Waals surface area contributed by atoms with Gasteiger partial charge in [0.15, 0.2) is 17.2 Å². The van der Waals surface area contributed by atoms with Crippen molar-refractivity contribution in [2.75, 3.05) is 38.9 Å². The van der Waals surface area contributed by atoms with E-state index >= 15 is 0 Å². The summed E-state index contributed by atoms with van der Waals surface area (Å²) < 4.78 is 11.0. The Morgan fingerprint density at radius 2 is 1.60 bits per heavy atom. The first-order valence-electron chi connectivity index (χ1n) is 11.0. The SMILES string of the molecule is COc1cccc(C(Nc2c(Nc3cccc(C(=O)N(C)C)c3O)c(=O)c2=O)C(C)(C)C)c1OC. The Labute approximate surface area is 204 Å². The second-order valence-corrected chi connectivity index (χ2v) is 9.46. The number of para-hydroxylation sites is 2. The van der Waals surface area contributed by atoms with E-state index in [1.807, 2.05) is 32.9 Å². The quantitative estimate of drug-likeness (QED) is 0.330. The molecule has 35 heavy (non-hydrogen) atoms. The smallest absolute Gasteiger partial charge is 0.257 e. The Balaban J connectivity index is 2.03. The van der Waals surface area contributed by atoms with E-state index in [9.17, 15) is 19.5 Å². The second kappa shape index (κ2) is 9.69. The molecule has 3 rings (SSSR count). The molecule has 0 bridgehead atoms. The molecule has 186 valence electrons. The molecule has 3 N–H and O–H groups in total. The molecule has 0 saturated heterocycles. The summed E-state index contributed by atoms with van der Waals surface area (Å²) in [4.78, 5) is 38.8. The Kier molecular flexibility index (Phi) is 7.09. The molecule has 0 aliphatic rings. The first kappa shape index (κ1) is 25.6. The van der Waals surface area contributed by atoms with Crippen LogP contribution >= 0.6 is 0 Å². The number of aromatic hydroxyl groups is 1. The summed E-state index contributed by atoms with van der Waals surface area (Å²) in [5, 5.41) is 16.7. The third kappa shape index (κ3) is 4.80. The average Bonchev–Trinajstić information content (AvgIpc) is 2.82. The lowest BCUT2D eigenvalue weighted by Gasteiger charge is -2.34. The average molecular weight is 482 g/mol. The van der Waals surface area contributed by atoms with Gasteiger partial charge >= 0.3 is 0 Å². The number of methoxy groups -OCH3 is 2. The van der Waals surface area contributed by atoms with Crippen molar-refractivity contribution in [2.45, 2.75) is 26.8 Å². The predicted molar refractivity (Wildman–Crippen MR) is 136 cm³/mol. The maximum atomic E-state index is 12.6. The van der Waals surface area contributed by atoms with Gasteiger partial charge in [-0.05, 0) is 23.6 Å². The molecule has 3 aromatic rings. The molecule has 0 aromatic heterocycles. The van der Waals surface area contributed by atoms with Crippen LogP contribution in [0.3, 0.4) is 0 Å². The Hall–Kier alpha value is -4.01. The minimum Gasteiger partial charge on any atom is -0.505 e. The van der Waals surface area contributed by atoms with Crippen molar-refractivity contribution in [3.8, 4) is 17.2 Å². The van der Waals surface area contributed by atoms with Gasteiger partial charge in [0.25, 0.3) is 16.8 Å². The summed E-state index contributed by atoms with van der Waals surface area (Å²) in [6.07, 6.45) is 0. The molecule has 0 spiro atoms. The van der Waals surface area contributed by atoms with Gasteiger partial charge < -0.3 is 30.1 Å². The van der Waals surface area contributed by atoms with E-state index in [2.05, 4.69) is 10.6 Å². The Bertz CT molecular complexity index is 1320.